The lowest BCUT2D eigenvalue weighted by molar-refractivity contribution is 0.0950. The molecule has 5 nitrogen and oxygen atoms in total. The molecule has 19 heavy (non-hydrogen) atoms. The summed E-state index contributed by atoms with van der Waals surface area (Å²) in [5.41, 5.74) is 7.54. The van der Waals surface area contributed by atoms with Crippen LogP contribution in [-0.4, -0.2) is 15.7 Å². The van der Waals surface area contributed by atoms with Gasteiger partial charge < -0.3 is 11.1 Å². The van der Waals surface area contributed by atoms with E-state index >= 15 is 0 Å². The molecule has 2 aromatic rings. The maximum atomic E-state index is 13.1. The van der Waals surface area contributed by atoms with E-state index < -0.39 is 5.82 Å². The van der Waals surface area contributed by atoms with Crippen LogP contribution in [0, 0.1) is 12.7 Å². The number of nitrogens with two attached hydrogens (primary N) is 1. The van der Waals surface area contributed by atoms with Crippen molar-refractivity contribution in [3.63, 3.8) is 0 Å². The molecule has 1 aromatic carbocycles. The van der Waals surface area contributed by atoms with Crippen molar-refractivity contribution in [2.24, 2.45) is 7.05 Å². The zero-order valence-electron chi connectivity index (χ0n) is 10.8. The summed E-state index contributed by atoms with van der Waals surface area (Å²) in [7, 11) is 1.72. The minimum absolute atomic E-state index is 0.258. The number of hydrogen-bond donors (Lipinski definition) is 2. The molecule has 3 N–H and O–H groups in total. The molecule has 0 saturated heterocycles. The summed E-state index contributed by atoms with van der Waals surface area (Å²) < 4.78 is 14.6. The molecule has 0 radical (unpaired) electrons. The van der Waals surface area contributed by atoms with E-state index in [9.17, 15) is 9.18 Å². The van der Waals surface area contributed by atoms with Gasteiger partial charge in [-0.2, -0.15) is 5.10 Å². The standard InChI is InChI=1S/C13H15FN4O/c1-8-3-4-10(14)5-11(8)13(19)16-6-9-7-17-18(2)12(9)15/h3-5,7H,6,15H2,1-2H3,(H,16,19). The first kappa shape index (κ1) is 13.1. The molecule has 100 valence electrons. The number of aromatic nitrogens is 2. The van der Waals surface area contributed by atoms with Gasteiger partial charge in [0.15, 0.2) is 0 Å². The van der Waals surface area contributed by atoms with Gasteiger partial charge in [0.05, 0.1) is 6.20 Å². The van der Waals surface area contributed by atoms with Crippen LogP contribution < -0.4 is 11.1 Å². The van der Waals surface area contributed by atoms with Gasteiger partial charge in [-0.3, -0.25) is 9.48 Å². The summed E-state index contributed by atoms with van der Waals surface area (Å²) in [4.78, 5) is 12.0. The number of benzene rings is 1. The number of hydrogen-bond acceptors (Lipinski definition) is 3. The molecule has 0 aliphatic rings. The zero-order chi connectivity index (χ0) is 14.0. The predicted octanol–water partition coefficient (Wildman–Crippen LogP) is 1.38. The Morgan fingerprint density at radius 3 is 2.89 bits per heavy atom. The molecular formula is C13H15FN4O. The average Bonchev–Trinajstić information content (AvgIpc) is 2.70. The van der Waals surface area contributed by atoms with Gasteiger partial charge in [0.25, 0.3) is 5.91 Å². The number of halogens is 1. The van der Waals surface area contributed by atoms with Crippen LogP contribution in [0.4, 0.5) is 10.2 Å². The van der Waals surface area contributed by atoms with Crippen LogP contribution in [-0.2, 0) is 13.6 Å². The minimum Gasteiger partial charge on any atom is -0.384 e. The van der Waals surface area contributed by atoms with Gasteiger partial charge in [-0.05, 0) is 24.6 Å². The SMILES string of the molecule is Cc1ccc(F)cc1C(=O)NCc1cnn(C)c1N. The maximum Gasteiger partial charge on any atom is 0.251 e. The fourth-order valence-corrected chi connectivity index (χ4v) is 1.74. The van der Waals surface area contributed by atoms with Crippen LogP contribution in [0.2, 0.25) is 0 Å². The number of aryl methyl sites for hydroxylation is 2. The molecule has 1 amide bonds. The Morgan fingerprint density at radius 2 is 2.26 bits per heavy atom. The van der Waals surface area contributed by atoms with Crippen LogP contribution in [0.15, 0.2) is 24.4 Å². The number of rotatable bonds is 3. The van der Waals surface area contributed by atoms with Crippen molar-refractivity contribution >= 4 is 11.7 Å². The Hall–Kier alpha value is -2.37. The van der Waals surface area contributed by atoms with Gasteiger partial charge in [0.1, 0.15) is 11.6 Å². The Bertz CT molecular complexity index is 621. The first-order valence-electron chi connectivity index (χ1n) is 5.79. The summed E-state index contributed by atoms with van der Waals surface area (Å²) in [5, 5.41) is 6.68. The lowest BCUT2D eigenvalue weighted by atomic mass is 10.1. The van der Waals surface area contributed by atoms with E-state index in [1.807, 2.05) is 0 Å². The molecule has 0 unspecified atom stereocenters. The summed E-state index contributed by atoms with van der Waals surface area (Å²) >= 11 is 0. The molecule has 6 heteroatoms. The van der Waals surface area contributed by atoms with E-state index in [-0.39, 0.29) is 12.5 Å². The van der Waals surface area contributed by atoms with Gasteiger partial charge in [-0.1, -0.05) is 6.07 Å². The Morgan fingerprint density at radius 1 is 1.53 bits per heavy atom. The molecule has 2 rings (SSSR count). The van der Waals surface area contributed by atoms with Gasteiger partial charge in [0.2, 0.25) is 0 Å². The third-order valence-electron chi connectivity index (χ3n) is 2.95. The second-order valence-electron chi connectivity index (χ2n) is 4.32. The van der Waals surface area contributed by atoms with Crippen molar-refractivity contribution in [1.82, 2.24) is 15.1 Å². The smallest absolute Gasteiger partial charge is 0.251 e. The van der Waals surface area contributed by atoms with Crippen molar-refractivity contribution in [3.8, 4) is 0 Å². The first-order chi connectivity index (χ1) is 8.99. The zero-order valence-corrected chi connectivity index (χ0v) is 10.8. The van der Waals surface area contributed by atoms with Gasteiger partial charge in [0, 0.05) is 24.7 Å². The third-order valence-corrected chi connectivity index (χ3v) is 2.95. The highest BCUT2D eigenvalue weighted by Gasteiger charge is 2.11. The molecule has 0 atom stereocenters. The van der Waals surface area contributed by atoms with E-state index in [4.69, 9.17) is 5.73 Å². The Labute approximate surface area is 110 Å². The molecule has 1 aromatic heterocycles. The highest BCUT2D eigenvalue weighted by atomic mass is 19.1. The van der Waals surface area contributed by atoms with Crippen LogP contribution in [0.3, 0.4) is 0 Å². The van der Waals surface area contributed by atoms with Gasteiger partial charge >= 0.3 is 0 Å². The molecule has 0 aliphatic heterocycles. The minimum atomic E-state index is -0.434. The van der Waals surface area contributed by atoms with E-state index in [1.54, 1.807) is 26.2 Å². The summed E-state index contributed by atoms with van der Waals surface area (Å²) in [6, 6.07) is 4.12. The fraction of sp³-hybridized carbons (Fsp3) is 0.231. The summed E-state index contributed by atoms with van der Waals surface area (Å²) in [6.45, 7) is 2.02. The summed E-state index contributed by atoms with van der Waals surface area (Å²) in [5.74, 6) is -0.270. The number of carbonyl (C=O) groups excluding carboxylic acids is 1. The monoisotopic (exact) mass is 262 g/mol. The molecule has 1 heterocycles. The molecule has 0 aliphatic carbocycles. The highest BCUT2D eigenvalue weighted by molar-refractivity contribution is 5.95. The maximum absolute atomic E-state index is 13.1. The number of nitrogens with zero attached hydrogens (tertiary/aromatic N) is 2. The molecule has 0 fully saturated rings. The van der Waals surface area contributed by atoms with Crippen molar-refractivity contribution in [3.05, 3.63) is 46.9 Å². The number of amides is 1. The summed E-state index contributed by atoms with van der Waals surface area (Å²) in [6.07, 6.45) is 1.59. The number of anilines is 1. The molecule has 0 bridgehead atoms. The third kappa shape index (κ3) is 2.73. The van der Waals surface area contributed by atoms with Crippen molar-refractivity contribution in [2.75, 3.05) is 5.73 Å². The Kier molecular flexibility index (Phi) is 3.50. The topological polar surface area (TPSA) is 72.9 Å². The first-order valence-corrected chi connectivity index (χ1v) is 5.79. The molecule has 0 spiro atoms. The average molecular weight is 262 g/mol. The van der Waals surface area contributed by atoms with Crippen LogP contribution >= 0.6 is 0 Å². The van der Waals surface area contributed by atoms with E-state index in [0.717, 1.165) is 11.1 Å². The fourth-order valence-electron chi connectivity index (χ4n) is 1.74. The van der Waals surface area contributed by atoms with Crippen LogP contribution in [0.5, 0.6) is 0 Å². The normalized spacial score (nSPS) is 10.5. The van der Waals surface area contributed by atoms with Gasteiger partial charge in [-0.25, -0.2) is 4.39 Å². The van der Waals surface area contributed by atoms with Crippen molar-refractivity contribution in [1.29, 1.82) is 0 Å². The van der Waals surface area contributed by atoms with E-state index in [2.05, 4.69) is 10.4 Å². The lowest BCUT2D eigenvalue weighted by Crippen LogP contribution is -2.24. The van der Waals surface area contributed by atoms with Crippen LogP contribution in [0.25, 0.3) is 0 Å². The lowest BCUT2D eigenvalue weighted by Gasteiger charge is -2.07. The number of nitrogen functional groups attached to an aromatic ring is 1. The number of nitrogens with one attached hydrogen (secondary N) is 1. The largest absolute Gasteiger partial charge is 0.384 e. The molecule has 0 saturated carbocycles. The quantitative estimate of drug-likeness (QED) is 0.877. The van der Waals surface area contributed by atoms with E-state index in [1.165, 1.54) is 16.8 Å². The van der Waals surface area contributed by atoms with Crippen molar-refractivity contribution < 1.29 is 9.18 Å². The number of carbonyl (C=O) groups is 1. The van der Waals surface area contributed by atoms with Crippen molar-refractivity contribution in [2.45, 2.75) is 13.5 Å². The Balaban J connectivity index is 2.09. The highest BCUT2D eigenvalue weighted by Crippen LogP contribution is 2.12. The second-order valence-corrected chi connectivity index (χ2v) is 4.32. The second kappa shape index (κ2) is 5.09. The molecular weight excluding hydrogens is 247 g/mol. The van der Waals surface area contributed by atoms with Crippen LogP contribution in [0.1, 0.15) is 21.5 Å². The predicted molar refractivity (Wildman–Crippen MR) is 69.9 cm³/mol. The van der Waals surface area contributed by atoms with Gasteiger partial charge in [-0.15, -0.1) is 0 Å². The van der Waals surface area contributed by atoms with E-state index in [0.29, 0.717) is 11.4 Å².